The second-order valence-corrected chi connectivity index (χ2v) is 6.30. The molecule has 17 heavy (non-hydrogen) atoms. The Morgan fingerprint density at radius 1 is 1.29 bits per heavy atom. The SMILES string of the molecule is C[S+](C)CC(=O)c1cc2ccccc2oc1=O. The van der Waals surface area contributed by atoms with Gasteiger partial charge in [-0.3, -0.25) is 4.79 Å². The Labute approximate surface area is 102 Å². The van der Waals surface area contributed by atoms with Crippen molar-refractivity contribution in [3.05, 3.63) is 46.3 Å². The quantitative estimate of drug-likeness (QED) is 0.474. The Morgan fingerprint density at radius 2 is 2.00 bits per heavy atom. The van der Waals surface area contributed by atoms with E-state index in [0.29, 0.717) is 11.3 Å². The summed E-state index contributed by atoms with van der Waals surface area (Å²) in [5.41, 5.74) is 0.130. The zero-order valence-corrected chi connectivity index (χ0v) is 10.5. The number of para-hydroxylation sites is 1. The van der Waals surface area contributed by atoms with Gasteiger partial charge in [0, 0.05) is 5.39 Å². The monoisotopic (exact) mass is 249 g/mol. The zero-order valence-electron chi connectivity index (χ0n) is 9.73. The average molecular weight is 249 g/mol. The Bertz CT molecular complexity index is 613. The van der Waals surface area contributed by atoms with Crippen molar-refractivity contribution in [3.63, 3.8) is 0 Å². The minimum Gasteiger partial charge on any atom is -0.422 e. The second kappa shape index (κ2) is 4.75. The molecule has 0 bridgehead atoms. The van der Waals surface area contributed by atoms with Crippen LogP contribution in [-0.2, 0) is 10.9 Å². The van der Waals surface area contributed by atoms with Gasteiger partial charge in [-0.2, -0.15) is 0 Å². The van der Waals surface area contributed by atoms with E-state index < -0.39 is 5.63 Å². The summed E-state index contributed by atoms with van der Waals surface area (Å²) in [6.45, 7) is 0. The van der Waals surface area contributed by atoms with Crippen LogP contribution in [0.1, 0.15) is 10.4 Å². The van der Waals surface area contributed by atoms with Gasteiger partial charge >= 0.3 is 5.63 Å². The summed E-state index contributed by atoms with van der Waals surface area (Å²) in [6, 6.07) is 8.81. The molecule has 3 nitrogen and oxygen atoms in total. The molecule has 0 N–H and O–H groups in total. The normalized spacial score (nSPS) is 11.0. The molecule has 0 aliphatic rings. The molecule has 0 aliphatic carbocycles. The van der Waals surface area contributed by atoms with Crippen LogP contribution in [0.2, 0.25) is 0 Å². The number of rotatable bonds is 3. The fraction of sp³-hybridized carbons (Fsp3) is 0.231. The highest BCUT2D eigenvalue weighted by Crippen LogP contribution is 2.13. The van der Waals surface area contributed by atoms with Gasteiger partial charge in [0.05, 0.1) is 12.5 Å². The molecule has 0 aliphatic heterocycles. The van der Waals surface area contributed by atoms with E-state index in [1.165, 1.54) is 0 Å². The smallest absolute Gasteiger partial charge is 0.347 e. The lowest BCUT2D eigenvalue weighted by Crippen LogP contribution is -2.20. The van der Waals surface area contributed by atoms with Crippen LogP contribution in [0.5, 0.6) is 0 Å². The maximum absolute atomic E-state index is 11.9. The highest BCUT2D eigenvalue weighted by Gasteiger charge is 2.18. The summed E-state index contributed by atoms with van der Waals surface area (Å²) in [5, 5.41) is 0.780. The summed E-state index contributed by atoms with van der Waals surface area (Å²) in [4.78, 5) is 23.5. The van der Waals surface area contributed by atoms with Gasteiger partial charge in [-0.15, -0.1) is 0 Å². The Hall–Kier alpha value is -1.55. The third-order valence-electron chi connectivity index (χ3n) is 2.36. The molecule has 1 aromatic heterocycles. The van der Waals surface area contributed by atoms with Crippen molar-refractivity contribution in [2.45, 2.75) is 0 Å². The first-order valence-electron chi connectivity index (χ1n) is 5.18. The molecule has 0 saturated carbocycles. The van der Waals surface area contributed by atoms with Gasteiger partial charge in [0.25, 0.3) is 0 Å². The number of fused-ring (bicyclic) bond motifs is 1. The first-order valence-corrected chi connectivity index (χ1v) is 7.39. The highest BCUT2D eigenvalue weighted by atomic mass is 32.2. The second-order valence-electron chi connectivity index (χ2n) is 4.04. The average Bonchev–Trinajstić information content (AvgIpc) is 2.27. The van der Waals surface area contributed by atoms with Crippen LogP contribution in [0.15, 0.2) is 39.5 Å². The molecule has 1 aromatic carbocycles. The van der Waals surface area contributed by atoms with E-state index >= 15 is 0 Å². The molecule has 4 heteroatoms. The fourth-order valence-corrected chi connectivity index (χ4v) is 2.28. The van der Waals surface area contributed by atoms with Gasteiger partial charge in [0.2, 0.25) is 5.78 Å². The van der Waals surface area contributed by atoms with Crippen LogP contribution in [0.3, 0.4) is 0 Å². The molecule has 0 radical (unpaired) electrons. The van der Waals surface area contributed by atoms with Gasteiger partial charge in [0.15, 0.2) is 5.75 Å². The molecule has 0 fully saturated rings. The van der Waals surface area contributed by atoms with E-state index in [2.05, 4.69) is 0 Å². The number of benzene rings is 1. The highest BCUT2D eigenvalue weighted by molar-refractivity contribution is 7.96. The van der Waals surface area contributed by atoms with Crippen LogP contribution in [0.4, 0.5) is 0 Å². The van der Waals surface area contributed by atoms with E-state index in [0.717, 1.165) is 5.39 Å². The third-order valence-corrected chi connectivity index (χ3v) is 3.20. The summed E-state index contributed by atoms with van der Waals surface area (Å²) in [7, 11) is -0.0182. The first-order chi connectivity index (χ1) is 8.08. The van der Waals surface area contributed by atoms with Crippen LogP contribution >= 0.6 is 0 Å². The van der Waals surface area contributed by atoms with E-state index in [1.54, 1.807) is 18.2 Å². The minimum absolute atomic E-state index is 0.0182. The number of carbonyl (C=O) groups is 1. The summed E-state index contributed by atoms with van der Waals surface area (Å²) in [6.07, 6.45) is 3.95. The minimum atomic E-state index is -0.542. The predicted molar refractivity (Wildman–Crippen MR) is 70.9 cm³/mol. The van der Waals surface area contributed by atoms with Crippen molar-refractivity contribution in [2.24, 2.45) is 0 Å². The van der Waals surface area contributed by atoms with E-state index in [1.807, 2.05) is 24.6 Å². The predicted octanol–water partition coefficient (Wildman–Crippen LogP) is 1.85. The van der Waals surface area contributed by atoms with Crippen molar-refractivity contribution in [1.29, 1.82) is 0 Å². The van der Waals surface area contributed by atoms with Crippen LogP contribution in [0.25, 0.3) is 11.0 Å². The van der Waals surface area contributed by atoms with Crippen molar-refractivity contribution in [2.75, 3.05) is 18.3 Å². The van der Waals surface area contributed by atoms with Crippen molar-refractivity contribution >= 4 is 27.6 Å². The van der Waals surface area contributed by atoms with Crippen molar-refractivity contribution in [3.8, 4) is 0 Å². The summed E-state index contributed by atoms with van der Waals surface area (Å²) < 4.78 is 5.12. The summed E-state index contributed by atoms with van der Waals surface area (Å²) >= 11 is 0. The van der Waals surface area contributed by atoms with E-state index in [9.17, 15) is 9.59 Å². The molecule has 0 saturated heterocycles. The number of carbonyl (C=O) groups excluding carboxylic acids is 1. The van der Waals surface area contributed by atoms with Gasteiger partial charge in [-0.25, -0.2) is 4.79 Å². The molecular weight excluding hydrogens is 236 g/mol. The van der Waals surface area contributed by atoms with E-state index in [-0.39, 0.29) is 22.2 Å². The summed E-state index contributed by atoms with van der Waals surface area (Å²) in [5.74, 6) is 0.251. The van der Waals surface area contributed by atoms with Crippen LogP contribution in [-0.4, -0.2) is 24.0 Å². The Kier molecular flexibility index (Phi) is 3.33. The molecule has 88 valence electrons. The van der Waals surface area contributed by atoms with Gasteiger partial charge in [-0.1, -0.05) is 18.2 Å². The molecule has 2 rings (SSSR count). The zero-order chi connectivity index (χ0) is 12.4. The molecular formula is C13H13O3S+. The third kappa shape index (κ3) is 2.58. The molecule has 1 heterocycles. The standard InChI is InChI=1S/C13H13O3S/c1-17(2)8-11(14)10-7-9-5-3-4-6-12(9)16-13(10)15/h3-7H,8H2,1-2H3/q+1. The van der Waals surface area contributed by atoms with Gasteiger partial charge < -0.3 is 4.42 Å². The number of hydrogen-bond donors (Lipinski definition) is 0. The van der Waals surface area contributed by atoms with Crippen molar-refractivity contribution in [1.82, 2.24) is 0 Å². The topological polar surface area (TPSA) is 47.3 Å². The Balaban J connectivity index is 2.51. The lowest BCUT2D eigenvalue weighted by Gasteiger charge is -2.00. The lowest BCUT2D eigenvalue weighted by molar-refractivity contribution is 0.101. The fourth-order valence-electron chi connectivity index (χ4n) is 1.60. The lowest BCUT2D eigenvalue weighted by atomic mass is 10.1. The van der Waals surface area contributed by atoms with Crippen molar-refractivity contribution < 1.29 is 9.21 Å². The molecule has 0 atom stereocenters. The maximum Gasteiger partial charge on any atom is 0.347 e. The molecule has 2 aromatic rings. The number of Topliss-reactive ketones (excluding diaryl/α,β-unsaturated/α-hetero) is 1. The first kappa shape index (κ1) is 11.9. The number of hydrogen-bond acceptors (Lipinski definition) is 3. The van der Waals surface area contributed by atoms with Crippen LogP contribution in [0, 0.1) is 0 Å². The molecule has 0 unspecified atom stereocenters. The maximum atomic E-state index is 11.9. The molecule has 0 amide bonds. The van der Waals surface area contributed by atoms with Gasteiger partial charge in [-0.05, 0) is 23.0 Å². The molecule has 0 spiro atoms. The van der Waals surface area contributed by atoms with E-state index in [4.69, 9.17) is 4.42 Å². The largest absolute Gasteiger partial charge is 0.422 e. The van der Waals surface area contributed by atoms with Gasteiger partial charge in [0.1, 0.15) is 11.1 Å². The van der Waals surface area contributed by atoms with Crippen LogP contribution < -0.4 is 5.63 Å². The Morgan fingerprint density at radius 3 is 2.71 bits per heavy atom. The number of ketones is 1.